The highest BCUT2D eigenvalue weighted by Gasteiger charge is 2.43. The Morgan fingerprint density at radius 2 is 1.75 bits per heavy atom. The number of sulfonamides is 1. The lowest BCUT2D eigenvalue weighted by atomic mass is 10.0. The summed E-state index contributed by atoms with van der Waals surface area (Å²) in [5.74, 6) is -0.183. The molecule has 5 atom stereocenters. The Hall–Kier alpha value is -4.37. The molecule has 15 nitrogen and oxygen atoms in total. The molecule has 61 heavy (non-hydrogen) atoms. The number of aromatic amines is 1. The molecule has 4 heterocycles. The van der Waals surface area contributed by atoms with Crippen LogP contribution in [0, 0.1) is 13.8 Å². The van der Waals surface area contributed by atoms with Crippen molar-refractivity contribution < 1.29 is 40.1 Å². The Bertz CT molecular complexity index is 2550. The number of nitrogens with one attached hydrogen (secondary N) is 4. The van der Waals surface area contributed by atoms with E-state index in [-0.39, 0.29) is 32.9 Å². The predicted octanol–water partition coefficient (Wildman–Crippen LogP) is 6.18. The number of rotatable bonds is 16. The van der Waals surface area contributed by atoms with Crippen molar-refractivity contribution in [1.29, 1.82) is 0 Å². The third-order valence-electron chi connectivity index (χ3n) is 11.3. The van der Waals surface area contributed by atoms with Crippen molar-refractivity contribution in [2.24, 2.45) is 0 Å². The highest BCUT2D eigenvalue weighted by Crippen LogP contribution is 2.46. The molecule has 2 amide bonds. The molecule has 0 aliphatic carbocycles. The van der Waals surface area contributed by atoms with E-state index in [0.29, 0.717) is 62.1 Å². The number of aromatic nitrogens is 1. The van der Waals surface area contributed by atoms with Crippen LogP contribution in [0.1, 0.15) is 89.5 Å². The van der Waals surface area contributed by atoms with Gasteiger partial charge in [-0.25, -0.2) is 21.6 Å². The van der Waals surface area contributed by atoms with Gasteiger partial charge in [-0.05, 0) is 94.7 Å². The molecule has 2 aliphatic heterocycles. The quantitative estimate of drug-likeness (QED) is 0.100. The average molecular weight is 915 g/mol. The maximum atomic E-state index is 14.5. The monoisotopic (exact) mass is 914 g/mol. The number of hydrogen-bond acceptors (Lipinski definition) is 12. The second kappa shape index (κ2) is 18.9. The van der Waals surface area contributed by atoms with Crippen LogP contribution in [0.15, 0.2) is 67.9 Å². The van der Waals surface area contributed by atoms with Gasteiger partial charge in [-0.15, -0.1) is 11.3 Å². The van der Waals surface area contributed by atoms with Gasteiger partial charge in [-0.2, -0.15) is 4.72 Å². The number of fused-ring (bicyclic) bond motifs is 2. The van der Waals surface area contributed by atoms with Gasteiger partial charge in [-0.1, -0.05) is 38.1 Å². The van der Waals surface area contributed by atoms with Crippen LogP contribution in [0.4, 0.5) is 10.5 Å². The van der Waals surface area contributed by atoms with Gasteiger partial charge in [-0.3, -0.25) is 9.00 Å². The van der Waals surface area contributed by atoms with Gasteiger partial charge in [0.25, 0.3) is 15.9 Å². The molecule has 0 saturated carbocycles. The van der Waals surface area contributed by atoms with Gasteiger partial charge in [0, 0.05) is 65.4 Å². The molecular weight excluding hydrogens is 861 g/mol. The van der Waals surface area contributed by atoms with E-state index in [1.165, 1.54) is 25.0 Å². The maximum absolute atomic E-state index is 14.5. The first-order chi connectivity index (χ1) is 29.0. The second-order valence-electron chi connectivity index (χ2n) is 14.9. The molecule has 0 bridgehead atoms. The summed E-state index contributed by atoms with van der Waals surface area (Å²) in [7, 11) is -7.70. The van der Waals surface area contributed by atoms with Crippen molar-refractivity contribution in [3.63, 3.8) is 0 Å². The number of thiophene rings is 1. The number of ether oxygens (including phenoxy) is 2. The largest absolute Gasteiger partial charge is 0.453 e. The molecule has 19 heteroatoms. The highest BCUT2D eigenvalue weighted by molar-refractivity contribution is 7.96. The number of nitrogens with zero attached hydrogens (tertiary/aromatic N) is 2. The summed E-state index contributed by atoms with van der Waals surface area (Å²) >= 11 is 0.602. The van der Waals surface area contributed by atoms with Crippen LogP contribution in [0.2, 0.25) is 0 Å². The minimum atomic E-state index is -4.55. The van der Waals surface area contributed by atoms with Gasteiger partial charge in [0.2, 0.25) is 0 Å². The molecule has 3 unspecified atom stereocenters. The van der Waals surface area contributed by atoms with E-state index in [2.05, 4.69) is 39.1 Å². The molecule has 330 valence electrons. The number of benzene rings is 2. The summed E-state index contributed by atoms with van der Waals surface area (Å²) in [6.45, 7) is 14.3. The van der Waals surface area contributed by atoms with Crippen LogP contribution in [0.3, 0.4) is 0 Å². The summed E-state index contributed by atoms with van der Waals surface area (Å²) in [5.41, 5.74) is 5.26. The number of methoxy groups -OCH3 is 2. The molecule has 4 aromatic rings. The van der Waals surface area contributed by atoms with E-state index in [0.717, 1.165) is 25.2 Å². The lowest BCUT2D eigenvalue weighted by molar-refractivity contribution is 0.0947. The summed E-state index contributed by atoms with van der Waals surface area (Å²) in [5, 5.41) is 4.15. The van der Waals surface area contributed by atoms with E-state index < -0.39 is 59.6 Å². The molecule has 0 saturated heterocycles. The van der Waals surface area contributed by atoms with Gasteiger partial charge < -0.3 is 34.9 Å². The number of sulfone groups is 1. The molecule has 2 aromatic heterocycles. The Morgan fingerprint density at radius 3 is 2.39 bits per heavy atom. The molecule has 0 radical (unpaired) electrons. The number of likely N-dealkylation sites (N-methyl/N-ethyl adjacent to an activating group) is 1. The van der Waals surface area contributed by atoms with E-state index in [1.54, 1.807) is 62.6 Å². The summed E-state index contributed by atoms with van der Waals surface area (Å²) < 4.78 is 83.8. The summed E-state index contributed by atoms with van der Waals surface area (Å²) in [6.07, 6.45) is 0.663. The fourth-order valence-electron chi connectivity index (χ4n) is 7.88. The van der Waals surface area contributed by atoms with Crippen molar-refractivity contribution in [3.05, 3.63) is 93.8 Å². The Kier molecular flexibility index (Phi) is 14.3. The topological polar surface area (TPSA) is 196 Å². The van der Waals surface area contributed by atoms with Crippen molar-refractivity contribution in [2.45, 2.75) is 84.2 Å². The Labute approximate surface area is 364 Å². The van der Waals surface area contributed by atoms with Crippen molar-refractivity contribution in [2.75, 3.05) is 52.3 Å². The van der Waals surface area contributed by atoms with Crippen molar-refractivity contribution in [1.82, 2.24) is 24.8 Å². The molecule has 0 fully saturated rings. The zero-order chi connectivity index (χ0) is 44.4. The average Bonchev–Trinajstić information content (AvgIpc) is 3.94. The standard InChI is InChI=1S/C42H54N6O9S4/c1-9-47(10-2)20-19-43-38(49)37-26(5)34(44-27(37)6)23-31-30-22-28(17-18-33(30)45-39(31)56-7)40(59(51)29-15-13-12-14-16-29)46-61(54,55)36-24-32-35(48(11-3)42(50)57-8)21-25(4)60(52,53)41(32)58-36/h12-18,22-25,35,39-40,44-46H,9-11,19-21H2,1-8H3,(H,43,49)/b31-23-/t25-,35-,39?,40?,59?/m0/s1. The number of aryl methyl sites for hydroxylation is 1. The Balaban J connectivity index is 1.39. The van der Waals surface area contributed by atoms with Crippen LogP contribution in [-0.4, -0.2) is 106 Å². The fraction of sp³-hybridized carbons (Fsp3) is 0.429. The normalized spacial score (nSPS) is 19.8. The fourth-order valence-corrected chi connectivity index (χ4v) is 14.7. The van der Waals surface area contributed by atoms with Gasteiger partial charge >= 0.3 is 6.09 Å². The predicted molar refractivity (Wildman–Crippen MR) is 238 cm³/mol. The molecule has 0 spiro atoms. The van der Waals surface area contributed by atoms with Crippen LogP contribution < -0.4 is 15.4 Å². The highest BCUT2D eigenvalue weighted by atomic mass is 32.3. The second-order valence-corrected chi connectivity index (χ2v) is 22.0. The molecule has 6 rings (SSSR count). The van der Waals surface area contributed by atoms with E-state index in [9.17, 15) is 30.6 Å². The van der Waals surface area contributed by atoms with Gasteiger partial charge in [0.1, 0.15) is 13.8 Å². The zero-order valence-electron chi connectivity index (χ0n) is 35.5. The van der Waals surface area contributed by atoms with E-state index in [4.69, 9.17) is 9.47 Å². The zero-order valence-corrected chi connectivity index (χ0v) is 38.8. The lowest BCUT2D eigenvalue weighted by Crippen LogP contribution is -2.40. The van der Waals surface area contributed by atoms with Crippen molar-refractivity contribution in [3.8, 4) is 0 Å². The van der Waals surface area contributed by atoms with Crippen LogP contribution in [0.5, 0.6) is 0 Å². The molecule has 2 aliphatic rings. The smallest absolute Gasteiger partial charge is 0.409 e. The maximum Gasteiger partial charge on any atom is 0.409 e. The van der Waals surface area contributed by atoms with Gasteiger partial charge in [0.05, 0.1) is 34.8 Å². The Morgan fingerprint density at radius 1 is 1.05 bits per heavy atom. The van der Waals surface area contributed by atoms with Crippen molar-refractivity contribution >= 4 is 71.3 Å². The van der Waals surface area contributed by atoms with Crippen LogP contribution in [-0.2, 0) is 40.1 Å². The van der Waals surface area contributed by atoms with E-state index in [1.807, 2.05) is 19.9 Å². The number of amides is 2. The van der Waals surface area contributed by atoms with Crippen LogP contribution in [0.25, 0.3) is 11.6 Å². The number of anilines is 1. The SMILES string of the molecule is CCN(CC)CCNC(=O)c1c(C)[nH]c(/C=C2/c3cc(C(NS(=O)(=O)c4cc5c(s4)S(=O)(=O)[C@@H](C)C[C@@H]5N(CC)C(=O)OC)S(=O)c4ccccc4)ccc3NC2OC)c1C. The molecule has 2 aromatic carbocycles. The first kappa shape index (κ1) is 46.1. The van der Waals surface area contributed by atoms with Crippen LogP contribution >= 0.6 is 11.3 Å². The molecule has 4 N–H and O–H groups in total. The summed E-state index contributed by atoms with van der Waals surface area (Å²) in [4.78, 5) is 33.5. The third kappa shape index (κ3) is 9.23. The van der Waals surface area contributed by atoms with E-state index >= 15 is 0 Å². The summed E-state index contributed by atoms with van der Waals surface area (Å²) in [6, 6.07) is 14.2. The lowest BCUT2D eigenvalue weighted by Gasteiger charge is -2.34. The minimum Gasteiger partial charge on any atom is -0.453 e. The molecular formula is C42H54N6O9S4. The number of H-pyrrole nitrogens is 1. The first-order valence-corrected chi connectivity index (χ1v) is 25.1. The number of carbonyl (C=O) groups is 2. The minimum absolute atomic E-state index is 0.0527. The number of carbonyl (C=O) groups excluding carboxylic acids is 2. The number of hydrogen-bond donors (Lipinski definition) is 4. The first-order valence-electron chi connectivity index (χ1n) is 20.1. The third-order valence-corrected chi connectivity index (χ3v) is 18.8. The van der Waals surface area contributed by atoms with Gasteiger partial charge in [0.15, 0.2) is 16.1 Å².